The van der Waals surface area contributed by atoms with Crippen LogP contribution in [-0.2, 0) is 17.9 Å². The van der Waals surface area contributed by atoms with E-state index in [9.17, 15) is 14.0 Å². The summed E-state index contributed by atoms with van der Waals surface area (Å²) in [4.78, 5) is 26.6. The predicted molar refractivity (Wildman–Crippen MR) is 126 cm³/mol. The van der Waals surface area contributed by atoms with Crippen LogP contribution < -0.4 is 5.32 Å². The van der Waals surface area contributed by atoms with Gasteiger partial charge >= 0.3 is 6.03 Å². The smallest absolute Gasteiger partial charge is 0.329 e. The highest BCUT2D eigenvalue weighted by Gasteiger charge is 2.33. The van der Waals surface area contributed by atoms with Crippen LogP contribution in [0.2, 0.25) is 0 Å². The number of benzene rings is 3. The van der Waals surface area contributed by atoms with Gasteiger partial charge in [-0.15, -0.1) is 0 Å². The molecule has 1 saturated heterocycles. The predicted octanol–water partition coefficient (Wildman–Crippen LogP) is 5.23. The van der Waals surface area contributed by atoms with Gasteiger partial charge in [-0.25, -0.2) is 9.18 Å². The fraction of sp³-hybridized carbons (Fsp3) is 0.111. The van der Waals surface area contributed by atoms with Gasteiger partial charge in [-0.3, -0.25) is 9.69 Å². The molecule has 5 rings (SSSR count). The van der Waals surface area contributed by atoms with Crippen molar-refractivity contribution in [3.63, 3.8) is 0 Å². The number of halogens is 1. The van der Waals surface area contributed by atoms with E-state index >= 15 is 0 Å². The molecule has 0 unspecified atom stereocenters. The summed E-state index contributed by atoms with van der Waals surface area (Å²) in [6.45, 7) is 2.85. The maximum absolute atomic E-state index is 13.2. The number of rotatable bonds is 5. The van der Waals surface area contributed by atoms with Crippen LogP contribution in [0.4, 0.5) is 9.18 Å². The number of urea groups is 1. The summed E-state index contributed by atoms with van der Waals surface area (Å²) in [5.41, 5.74) is 5.19. The molecule has 0 aliphatic carbocycles. The molecule has 5 nitrogen and oxygen atoms in total. The lowest BCUT2D eigenvalue weighted by molar-refractivity contribution is -0.123. The van der Waals surface area contributed by atoms with E-state index in [1.807, 2.05) is 36.5 Å². The minimum Gasteiger partial charge on any atom is -0.342 e. The number of fused-ring (bicyclic) bond motifs is 1. The van der Waals surface area contributed by atoms with E-state index in [1.54, 1.807) is 18.2 Å². The third-order valence-corrected chi connectivity index (χ3v) is 5.77. The number of para-hydroxylation sites is 1. The van der Waals surface area contributed by atoms with Crippen molar-refractivity contribution >= 4 is 28.9 Å². The van der Waals surface area contributed by atoms with Crippen molar-refractivity contribution in [1.82, 2.24) is 14.8 Å². The SMILES string of the molecule is Cc1cccc(Cn2cc(/C=C3/NC(=O)N(Cc4ccc(F)cc4)C3=O)c3ccccc32)c1. The second-order valence-corrected chi connectivity index (χ2v) is 8.22. The second-order valence-electron chi connectivity index (χ2n) is 8.22. The number of hydrogen-bond acceptors (Lipinski definition) is 2. The summed E-state index contributed by atoms with van der Waals surface area (Å²) >= 11 is 0. The first-order valence-electron chi connectivity index (χ1n) is 10.7. The quantitative estimate of drug-likeness (QED) is 0.342. The van der Waals surface area contributed by atoms with Crippen molar-refractivity contribution in [3.05, 3.63) is 113 Å². The van der Waals surface area contributed by atoms with Crippen LogP contribution in [0.1, 0.15) is 22.3 Å². The Morgan fingerprint density at radius 3 is 2.48 bits per heavy atom. The molecule has 0 saturated carbocycles. The summed E-state index contributed by atoms with van der Waals surface area (Å²) < 4.78 is 15.3. The normalized spacial score (nSPS) is 15.0. The molecule has 1 aliphatic heterocycles. The monoisotopic (exact) mass is 439 g/mol. The number of carbonyl (C=O) groups is 2. The average Bonchev–Trinajstić information content (AvgIpc) is 3.27. The number of imide groups is 1. The van der Waals surface area contributed by atoms with Gasteiger partial charge in [0.15, 0.2) is 0 Å². The van der Waals surface area contributed by atoms with Gasteiger partial charge < -0.3 is 9.88 Å². The lowest BCUT2D eigenvalue weighted by atomic mass is 10.1. The van der Waals surface area contributed by atoms with Crippen LogP contribution in [0.25, 0.3) is 17.0 Å². The van der Waals surface area contributed by atoms with Crippen molar-refractivity contribution in [2.45, 2.75) is 20.0 Å². The zero-order valence-corrected chi connectivity index (χ0v) is 18.1. The van der Waals surface area contributed by atoms with Crippen molar-refractivity contribution in [3.8, 4) is 0 Å². The molecular formula is C27H22FN3O2. The lowest BCUT2D eigenvalue weighted by Gasteiger charge is -2.11. The molecule has 0 spiro atoms. The van der Waals surface area contributed by atoms with E-state index < -0.39 is 11.9 Å². The van der Waals surface area contributed by atoms with E-state index in [-0.39, 0.29) is 18.1 Å². The number of carbonyl (C=O) groups excluding carboxylic acids is 2. The van der Waals surface area contributed by atoms with E-state index in [0.717, 1.165) is 21.4 Å². The second kappa shape index (κ2) is 8.39. The van der Waals surface area contributed by atoms with Crippen LogP contribution in [0.3, 0.4) is 0 Å². The number of aryl methyl sites for hydroxylation is 1. The summed E-state index contributed by atoms with van der Waals surface area (Å²) in [6.07, 6.45) is 3.72. The highest BCUT2D eigenvalue weighted by atomic mass is 19.1. The third-order valence-electron chi connectivity index (χ3n) is 5.77. The summed E-state index contributed by atoms with van der Waals surface area (Å²) in [5, 5.41) is 3.68. The van der Waals surface area contributed by atoms with Gasteiger partial charge in [0.2, 0.25) is 0 Å². The summed E-state index contributed by atoms with van der Waals surface area (Å²) in [7, 11) is 0. The Morgan fingerprint density at radius 1 is 0.909 bits per heavy atom. The van der Waals surface area contributed by atoms with Crippen molar-refractivity contribution in [1.29, 1.82) is 0 Å². The molecule has 1 N–H and O–H groups in total. The molecule has 164 valence electrons. The van der Waals surface area contributed by atoms with Crippen LogP contribution in [-0.4, -0.2) is 21.4 Å². The Kier molecular flexibility index (Phi) is 5.26. The molecular weight excluding hydrogens is 417 g/mol. The molecule has 2 heterocycles. The molecule has 6 heteroatoms. The molecule has 3 amide bonds. The average molecular weight is 439 g/mol. The van der Waals surface area contributed by atoms with Gasteiger partial charge in [-0.2, -0.15) is 0 Å². The first-order chi connectivity index (χ1) is 16.0. The zero-order valence-electron chi connectivity index (χ0n) is 18.1. The number of aromatic nitrogens is 1. The Labute approximate surface area is 190 Å². The lowest BCUT2D eigenvalue weighted by Crippen LogP contribution is -2.30. The largest absolute Gasteiger partial charge is 0.342 e. The standard InChI is InChI=1S/C27H22FN3O2/c1-18-5-4-6-20(13-18)15-30-17-21(23-7-2-3-8-25(23)30)14-24-26(32)31(27(33)29-24)16-19-9-11-22(28)12-10-19/h2-14,17H,15-16H2,1H3,(H,29,33)/b24-14+. The molecule has 0 radical (unpaired) electrons. The van der Waals surface area contributed by atoms with Gasteiger partial charge in [-0.1, -0.05) is 60.2 Å². The van der Waals surface area contributed by atoms with Gasteiger partial charge in [0, 0.05) is 29.2 Å². The fourth-order valence-corrected chi connectivity index (χ4v) is 4.17. The number of nitrogens with zero attached hydrogens (tertiary/aromatic N) is 2. The van der Waals surface area contributed by atoms with Gasteiger partial charge in [-0.05, 0) is 42.3 Å². The molecule has 1 aliphatic rings. The first kappa shape index (κ1) is 20.7. The summed E-state index contributed by atoms with van der Waals surface area (Å²) in [5.74, 6) is -0.765. The van der Waals surface area contributed by atoms with Crippen LogP contribution in [0.5, 0.6) is 0 Å². The van der Waals surface area contributed by atoms with Crippen LogP contribution in [0.15, 0.2) is 84.7 Å². The molecule has 4 aromatic rings. The molecule has 0 bridgehead atoms. The minimum absolute atomic E-state index is 0.0808. The topological polar surface area (TPSA) is 54.3 Å². The summed E-state index contributed by atoms with van der Waals surface area (Å²) in [6, 6.07) is 21.6. The number of nitrogens with one attached hydrogen (secondary N) is 1. The number of amides is 3. The molecule has 33 heavy (non-hydrogen) atoms. The molecule has 1 aromatic heterocycles. The van der Waals surface area contributed by atoms with Gasteiger partial charge in [0.1, 0.15) is 11.5 Å². The van der Waals surface area contributed by atoms with Crippen LogP contribution >= 0.6 is 0 Å². The Bertz CT molecular complexity index is 1400. The maximum Gasteiger partial charge on any atom is 0.329 e. The van der Waals surface area contributed by atoms with Crippen molar-refractivity contribution in [2.75, 3.05) is 0 Å². The van der Waals surface area contributed by atoms with Crippen molar-refractivity contribution in [2.24, 2.45) is 0 Å². The Morgan fingerprint density at radius 2 is 1.70 bits per heavy atom. The molecule has 0 atom stereocenters. The Balaban J connectivity index is 1.45. The molecule has 1 fully saturated rings. The minimum atomic E-state index is -0.487. The first-order valence-corrected chi connectivity index (χ1v) is 10.7. The number of hydrogen-bond donors (Lipinski definition) is 1. The van der Waals surface area contributed by atoms with E-state index in [4.69, 9.17) is 0 Å². The van der Waals surface area contributed by atoms with E-state index in [0.29, 0.717) is 12.1 Å². The van der Waals surface area contributed by atoms with Crippen LogP contribution in [0, 0.1) is 12.7 Å². The fourth-order valence-electron chi connectivity index (χ4n) is 4.17. The van der Waals surface area contributed by atoms with Gasteiger partial charge in [0.25, 0.3) is 5.91 Å². The Hall–Kier alpha value is -4.19. The highest BCUT2D eigenvalue weighted by Crippen LogP contribution is 2.26. The molecule has 3 aromatic carbocycles. The van der Waals surface area contributed by atoms with Crippen molar-refractivity contribution < 1.29 is 14.0 Å². The maximum atomic E-state index is 13.2. The third kappa shape index (κ3) is 4.15. The van der Waals surface area contributed by atoms with Gasteiger partial charge in [0.05, 0.1) is 6.54 Å². The zero-order chi connectivity index (χ0) is 22.9. The van der Waals surface area contributed by atoms with E-state index in [1.165, 1.54) is 23.3 Å². The van der Waals surface area contributed by atoms with E-state index in [2.05, 4.69) is 35.0 Å². The highest BCUT2D eigenvalue weighted by molar-refractivity contribution is 6.14.